The number of rotatable bonds is 5. The molecule has 9 heteroatoms. The lowest BCUT2D eigenvalue weighted by molar-refractivity contribution is -0.133. The second kappa shape index (κ2) is 8.61. The average Bonchev–Trinajstić information content (AvgIpc) is 2.67. The van der Waals surface area contributed by atoms with Gasteiger partial charge in [-0.3, -0.25) is 14.5 Å². The smallest absolute Gasteiger partial charge is 0.247 e. The minimum Gasteiger partial charge on any atom is -0.350 e. The van der Waals surface area contributed by atoms with Crippen molar-refractivity contribution in [2.45, 2.75) is 32.9 Å². The topological polar surface area (TPSA) is 86.8 Å². The Hall–Kier alpha value is -2.42. The highest BCUT2D eigenvalue weighted by Gasteiger charge is 2.50. The third-order valence-corrected chi connectivity index (χ3v) is 6.90. The van der Waals surface area contributed by atoms with E-state index >= 15 is 0 Å². The minimum atomic E-state index is -3.67. The van der Waals surface area contributed by atoms with Gasteiger partial charge in [-0.25, -0.2) is 8.42 Å². The lowest BCUT2D eigenvalue weighted by Crippen LogP contribution is -2.70. The molecule has 0 spiro atoms. The van der Waals surface area contributed by atoms with Crippen LogP contribution in [0.2, 0.25) is 5.02 Å². The van der Waals surface area contributed by atoms with Gasteiger partial charge in [0.15, 0.2) is 0 Å². The van der Waals surface area contributed by atoms with Crippen molar-refractivity contribution in [2.75, 3.05) is 24.2 Å². The number of hydrogen-bond acceptors (Lipinski definition) is 4. The fraction of sp³-hybridized carbons (Fsp3) is 0.364. The molecule has 31 heavy (non-hydrogen) atoms. The van der Waals surface area contributed by atoms with Crippen LogP contribution in [0.5, 0.6) is 0 Å². The van der Waals surface area contributed by atoms with Crippen LogP contribution in [0.4, 0.5) is 5.69 Å². The zero-order valence-electron chi connectivity index (χ0n) is 18.0. The molecule has 0 bridgehead atoms. The first-order valence-electron chi connectivity index (χ1n) is 9.80. The SMILES string of the molecule is Cc1ccc(N2C(=O)CN(S(C)(=O)=O)C[C@]2(C)C(=O)NCc2ccc(Cl)cc2)c(C)c1. The number of nitrogens with zero attached hydrogens (tertiary/aromatic N) is 2. The summed E-state index contributed by atoms with van der Waals surface area (Å²) >= 11 is 5.91. The summed E-state index contributed by atoms with van der Waals surface area (Å²) in [7, 11) is -3.67. The van der Waals surface area contributed by atoms with E-state index in [-0.39, 0.29) is 19.6 Å². The van der Waals surface area contributed by atoms with E-state index in [4.69, 9.17) is 11.6 Å². The second-order valence-electron chi connectivity index (χ2n) is 8.13. The van der Waals surface area contributed by atoms with Gasteiger partial charge in [0.1, 0.15) is 5.54 Å². The van der Waals surface area contributed by atoms with Gasteiger partial charge in [0.25, 0.3) is 0 Å². The number of nitrogens with one attached hydrogen (secondary N) is 1. The Balaban J connectivity index is 1.98. The highest BCUT2D eigenvalue weighted by molar-refractivity contribution is 7.88. The predicted molar refractivity (Wildman–Crippen MR) is 122 cm³/mol. The van der Waals surface area contributed by atoms with Crippen LogP contribution in [0.1, 0.15) is 23.6 Å². The quantitative estimate of drug-likeness (QED) is 0.738. The van der Waals surface area contributed by atoms with Crippen LogP contribution in [0.25, 0.3) is 0 Å². The molecule has 1 N–H and O–H groups in total. The van der Waals surface area contributed by atoms with Crippen molar-refractivity contribution < 1.29 is 18.0 Å². The molecule has 7 nitrogen and oxygen atoms in total. The molecule has 2 aromatic rings. The first-order valence-corrected chi connectivity index (χ1v) is 12.0. The van der Waals surface area contributed by atoms with E-state index in [1.165, 1.54) is 4.90 Å². The number of benzene rings is 2. The van der Waals surface area contributed by atoms with Crippen molar-refractivity contribution in [3.05, 3.63) is 64.2 Å². The number of halogens is 1. The molecule has 2 amide bonds. The van der Waals surface area contributed by atoms with E-state index in [9.17, 15) is 18.0 Å². The van der Waals surface area contributed by atoms with Gasteiger partial charge in [-0.05, 0) is 50.1 Å². The van der Waals surface area contributed by atoms with Crippen LogP contribution < -0.4 is 10.2 Å². The Labute approximate surface area is 188 Å². The normalized spacial score (nSPS) is 20.0. The number of hydrogen-bond donors (Lipinski definition) is 1. The van der Waals surface area contributed by atoms with E-state index < -0.39 is 27.4 Å². The number of sulfonamides is 1. The molecule has 2 aromatic carbocycles. The van der Waals surface area contributed by atoms with Crippen LogP contribution >= 0.6 is 11.6 Å². The number of carbonyl (C=O) groups is 2. The van der Waals surface area contributed by atoms with E-state index in [2.05, 4.69) is 5.32 Å². The Morgan fingerprint density at radius 2 is 1.81 bits per heavy atom. The molecule has 166 valence electrons. The lowest BCUT2D eigenvalue weighted by Gasteiger charge is -2.47. The van der Waals surface area contributed by atoms with Crippen LogP contribution in [-0.2, 0) is 26.2 Å². The van der Waals surface area contributed by atoms with Gasteiger partial charge in [0, 0.05) is 23.8 Å². The van der Waals surface area contributed by atoms with Crippen molar-refractivity contribution in [3.63, 3.8) is 0 Å². The van der Waals surface area contributed by atoms with Crippen LogP contribution in [-0.4, -0.2) is 49.4 Å². The highest BCUT2D eigenvalue weighted by Crippen LogP contribution is 2.33. The van der Waals surface area contributed by atoms with Crippen LogP contribution in [0.15, 0.2) is 42.5 Å². The van der Waals surface area contributed by atoms with E-state index in [1.807, 2.05) is 26.0 Å². The third kappa shape index (κ3) is 4.92. The standard InChI is InChI=1S/C22H26ClN3O4S/c1-15-5-10-19(16(2)11-15)26-20(27)13-25(31(4,29)30)14-22(26,3)21(28)24-12-17-6-8-18(23)9-7-17/h5-11H,12-14H2,1-4H3,(H,24,28)/t22-/m1/s1. The van der Waals surface area contributed by atoms with Gasteiger partial charge >= 0.3 is 0 Å². The summed E-state index contributed by atoms with van der Waals surface area (Å²) in [6, 6.07) is 12.6. The fourth-order valence-corrected chi connectivity index (χ4v) is 4.76. The number of aryl methyl sites for hydroxylation is 2. The zero-order chi connectivity index (χ0) is 23.0. The van der Waals surface area contributed by atoms with E-state index in [0.717, 1.165) is 27.3 Å². The molecule has 1 fully saturated rings. The van der Waals surface area contributed by atoms with Crippen molar-refractivity contribution in [2.24, 2.45) is 0 Å². The summed E-state index contributed by atoms with van der Waals surface area (Å²) in [5, 5.41) is 3.44. The number of anilines is 1. The lowest BCUT2D eigenvalue weighted by atomic mass is 9.93. The molecule has 1 heterocycles. The van der Waals surface area contributed by atoms with Crippen molar-refractivity contribution in [1.82, 2.24) is 9.62 Å². The molecule has 1 aliphatic heterocycles. The van der Waals surface area contributed by atoms with E-state index in [0.29, 0.717) is 10.7 Å². The Morgan fingerprint density at radius 3 is 2.39 bits per heavy atom. The number of piperazine rings is 1. The average molecular weight is 464 g/mol. The number of carbonyl (C=O) groups excluding carboxylic acids is 2. The van der Waals surface area contributed by atoms with Crippen molar-refractivity contribution >= 4 is 39.1 Å². The largest absolute Gasteiger partial charge is 0.350 e. The highest BCUT2D eigenvalue weighted by atomic mass is 35.5. The summed E-state index contributed by atoms with van der Waals surface area (Å²) < 4.78 is 25.5. The summed E-state index contributed by atoms with van der Waals surface area (Å²) in [5.74, 6) is -0.892. The monoisotopic (exact) mass is 463 g/mol. The Morgan fingerprint density at radius 1 is 1.16 bits per heavy atom. The van der Waals surface area contributed by atoms with Gasteiger partial charge in [0.05, 0.1) is 12.8 Å². The molecule has 0 aliphatic carbocycles. The maximum absolute atomic E-state index is 13.4. The molecule has 0 radical (unpaired) electrons. The Kier molecular flexibility index (Phi) is 6.45. The third-order valence-electron chi connectivity index (χ3n) is 5.46. The van der Waals surface area contributed by atoms with E-state index in [1.54, 1.807) is 37.3 Å². The Bertz CT molecular complexity index is 1120. The fourth-order valence-electron chi connectivity index (χ4n) is 3.81. The van der Waals surface area contributed by atoms with Gasteiger partial charge < -0.3 is 5.32 Å². The number of amides is 2. The molecule has 0 aromatic heterocycles. The molecule has 1 aliphatic rings. The molecular weight excluding hydrogens is 438 g/mol. The van der Waals surface area contributed by atoms with Crippen LogP contribution in [0, 0.1) is 13.8 Å². The van der Waals surface area contributed by atoms with Gasteiger partial charge in [-0.15, -0.1) is 0 Å². The van der Waals surface area contributed by atoms with Crippen LogP contribution in [0.3, 0.4) is 0 Å². The van der Waals surface area contributed by atoms with Crippen molar-refractivity contribution in [3.8, 4) is 0 Å². The molecule has 0 unspecified atom stereocenters. The minimum absolute atomic E-state index is 0.142. The van der Waals surface area contributed by atoms with Gasteiger partial charge in [-0.1, -0.05) is 41.4 Å². The summed E-state index contributed by atoms with van der Waals surface area (Å²) in [6.07, 6.45) is 1.04. The van der Waals surface area contributed by atoms with Crippen molar-refractivity contribution in [1.29, 1.82) is 0 Å². The molecule has 3 rings (SSSR count). The maximum atomic E-state index is 13.4. The summed E-state index contributed by atoms with van der Waals surface area (Å²) in [5.41, 5.74) is 1.86. The van der Waals surface area contributed by atoms with Gasteiger partial charge in [0.2, 0.25) is 21.8 Å². The zero-order valence-corrected chi connectivity index (χ0v) is 19.5. The molecule has 1 atom stereocenters. The first-order chi connectivity index (χ1) is 14.4. The predicted octanol–water partition coefficient (Wildman–Crippen LogP) is 2.64. The van der Waals surface area contributed by atoms with Gasteiger partial charge in [-0.2, -0.15) is 4.31 Å². The summed E-state index contributed by atoms with van der Waals surface area (Å²) in [4.78, 5) is 28.0. The molecule has 1 saturated heterocycles. The second-order valence-corrected chi connectivity index (χ2v) is 10.6. The first kappa shape index (κ1) is 23.2. The summed E-state index contributed by atoms with van der Waals surface area (Å²) in [6.45, 7) is 5.17. The molecular formula is C22H26ClN3O4S. The maximum Gasteiger partial charge on any atom is 0.247 e. The molecule has 0 saturated carbocycles.